The zero-order valence-corrected chi connectivity index (χ0v) is 13.9. The minimum Gasteiger partial charge on any atom is -0.276 e. The van der Waals surface area contributed by atoms with Gasteiger partial charge in [0.25, 0.3) is 5.91 Å². The van der Waals surface area contributed by atoms with E-state index in [1.54, 1.807) is 35.6 Å². The lowest BCUT2D eigenvalue weighted by atomic mass is 10.2. The molecule has 1 amide bonds. The summed E-state index contributed by atoms with van der Waals surface area (Å²) in [6, 6.07) is 10.6. The van der Waals surface area contributed by atoms with Crippen LogP contribution in [0.4, 0.5) is 0 Å². The van der Waals surface area contributed by atoms with Gasteiger partial charge in [0.1, 0.15) is 0 Å². The molecule has 23 heavy (non-hydrogen) atoms. The quantitative estimate of drug-likeness (QED) is 0.537. The first-order chi connectivity index (χ1) is 11.1. The van der Waals surface area contributed by atoms with Crippen molar-refractivity contribution in [1.82, 2.24) is 15.6 Å². The Hall–Kier alpha value is -2.15. The van der Waals surface area contributed by atoms with E-state index in [9.17, 15) is 4.79 Å². The summed E-state index contributed by atoms with van der Waals surface area (Å²) < 4.78 is 0. The topological polar surface area (TPSA) is 70.1 Å². The number of H-pyrrole nitrogens is 1. The molecule has 0 unspecified atom stereocenters. The molecule has 1 aromatic carbocycles. The number of nitrogens with zero attached hydrogens (tertiary/aromatic N) is 2. The van der Waals surface area contributed by atoms with Gasteiger partial charge < -0.3 is 0 Å². The van der Waals surface area contributed by atoms with Crippen molar-refractivity contribution in [3.63, 3.8) is 0 Å². The van der Waals surface area contributed by atoms with Crippen LogP contribution < -0.4 is 5.43 Å². The molecule has 2 aromatic heterocycles. The minimum absolute atomic E-state index is 0.264. The monoisotopic (exact) mass is 364 g/mol. The molecule has 0 saturated carbocycles. The largest absolute Gasteiger partial charge is 0.291 e. The van der Waals surface area contributed by atoms with Crippen LogP contribution in [0.25, 0.3) is 10.6 Å². The van der Waals surface area contributed by atoms with Crippen LogP contribution in [0.5, 0.6) is 0 Å². The first-order valence-corrected chi connectivity index (χ1v) is 8.15. The van der Waals surface area contributed by atoms with Crippen LogP contribution in [0.15, 0.2) is 46.9 Å². The first-order valence-electron chi connectivity index (χ1n) is 6.51. The van der Waals surface area contributed by atoms with E-state index >= 15 is 0 Å². The maximum Gasteiger partial charge on any atom is 0.291 e. The Morgan fingerprint density at radius 1 is 1.26 bits per heavy atom. The highest BCUT2D eigenvalue weighted by atomic mass is 35.5. The maximum atomic E-state index is 12.0. The van der Waals surface area contributed by atoms with Crippen molar-refractivity contribution >= 4 is 46.7 Å². The SMILES string of the molecule is O=C(N/N=C/c1ccc(Cl)c(Cl)c1)c1cc(-c2cccs2)[nH]n1. The van der Waals surface area contributed by atoms with E-state index in [0.717, 1.165) is 16.1 Å². The third kappa shape index (κ3) is 3.79. The molecule has 2 heterocycles. The summed E-state index contributed by atoms with van der Waals surface area (Å²) in [5.41, 5.74) is 4.19. The number of halogens is 2. The first kappa shape index (κ1) is 15.7. The molecule has 0 spiro atoms. The molecule has 116 valence electrons. The standard InChI is InChI=1S/C15H10Cl2N4OS/c16-10-4-3-9(6-11(10)17)8-18-21-15(22)13-7-12(19-20-13)14-2-1-5-23-14/h1-8H,(H,19,20)(H,21,22)/b18-8+. The summed E-state index contributed by atoms with van der Waals surface area (Å²) >= 11 is 13.3. The van der Waals surface area contributed by atoms with E-state index in [1.807, 2.05) is 17.5 Å². The predicted molar refractivity (Wildman–Crippen MR) is 93.4 cm³/mol. The number of rotatable bonds is 4. The number of benzene rings is 1. The van der Waals surface area contributed by atoms with Crippen LogP contribution >= 0.6 is 34.5 Å². The number of carbonyl (C=O) groups excluding carboxylic acids is 1. The smallest absolute Gasteiger partial charge is 0.276 e. The van der Waals surface area contributed by atoms with Crippen molar-refractivity contribution in [2.24, 2.45) is 5.10 Å². The molecule has 0 aliphatic carbocycles. The number of carbonyl (C=O) groups is 1. The van der Waals surface area contributed by atoms with E-state index in [2.05, 4.69) is 20.7 Å². The molecule has 3 rings (SSSR count). The Morgan fingerprint density at radius 3 is 2.87 bits per heavy atom. The van der Waals surface area contributed by atoms with E-state index in [4.69, 9.17) is 23.2 Å². The number of hydrazone groups is 1. The summed E-state index contributed by atoms with van der Waals surface area (Å²) in [4.78, 5) is 13.0. The van der Waals surface area contributed by atoms with Gasteiger partial charge in [-0.25, -0.2) is 5.43 Å². The van der Waals surface area contributed by atoms with E-state index < -0.39 is 5.91 Å². The Balaban J connectivity index is 1.65. The van der Waals surface area contributed by atoms with Gasteiger partial charge in [-0.2, -0.15) is 10.2 Å². The Kier molecular flexibility index (Phi) is 4.76. The molecule has 0 bridgehead atoms. The number of thiophene rings is 1. The molecule has 5 nitrogen and oxygen atoms in total. The molecule has 0 aliphatic rings. The van der Waals surface area contributed by atoms with Crippen LogP contribution in [-0.4, -0.2) is 22.3 Å². The lowest BCUT2D eigenvalue weighted by Crippen LogP contribution is -2.17. The number of hydrogen-bond donors (Lipinski definition) is 2. The van der Waals surface area contributed by atoms with E-state index in [-0.39, 0.29) is 5.69 Å². The number of amides is 1. The van der Waals surface area contributed by atoms with Gasteiger partial charge in [-0.05, 0) is 35.2 Å². The fourth-order valence-electron chi connectivity index (χ4n) is 1.81. The zero-order chi connectivity index (χ0) is 16.2. The van der Waals surface area contributed by atoms with Crippen LogP contribution in [0.2, 0.25) is 10.0 Å². The molecule has 0 aliphatic heterocycles. The Bertz CT molecular complexity index is 858. The second kappa shape index (κ2) is 6.95. The Labute approximate surface area is 145 Å². The zero-order valence-electron chi connectivity index (χ0n) is 11.6. The van der Waals surface area contributed by atoms with Gasteiger partial charge in [0.05, 0.1) is 26.8 Å². The van der Waals surface area contributed by atoms with Crippen molar-refractivity contribution in [3.8, 4) is 10.6 Å². The van der Waals surface area contributed by atoms with Crippen LogP contribution in [-0.2, 0) is 0 Å². The molecule has 0 radical (unpaired) electrons. The van der Waals surface area contributed by atoms with Gasteiger partial charge in [-0.3, -0.25) is 9.89 Å². The highest BCUT2D eigenvalue weighted by Crippen LogP contribution is 2.23. The summed E-state index contributed by atoms with van der Waals surface area (Å²) in [5.74, 6) is -0.402. The molecule has 0 fully saturated rings. The maximum absolute atomic E-state index is 12.0. The van der Waals surface area contributed by atoms with Crippen LogP contribution in [0.1, 0.15) is 16.1 Å². The third-order valence-electron chi connectivity index (χ3n) is 2.92. The van der Waals surface area contributed by atoms with Crippen molar-refractivity contribution in [1.29, 1.82) is 0 Å². The summed E-state index contributed by atoms with van der Waals surface area (Å²) in [6.07, 6.45) is 1.48. The average Bonchev–Trinajstić information content (AvgIpc) is 3.20. The highest BCUT2D eigenvalue weighted by molar-refractivity contribution is 7.13. The second-order valence-corrected chi connectivity index (χ2v) is 6.28. The third-order valence-corrected chi connectivity index (χ3v) is 4.56. The summed E-state index contributed by atoms with van der Waals surface area (Å²) in [5, 5.41) is 13.5. The molecule has 0 atom stereocenters. The number of aromatic nitrogens is 2. The van der Waals surface area contributed by atoms with Gasteiger partial charge >= 0.3 is 0 Å². The van der Waals surface area contributed by atoms with E-state index in [0.29, 0.717) is 10.0 Å². The Morgan fingerprint density at radius 2 is 2.13 bits per heavy atom. The molecule has 2 N–H and O–H groups in total. The van der Waals surface area contributed by atoms with Crippen molar-refractivity contribution in [2.45, 2.75) is 0 Å². The average molecular weight is 365 g/mol. The lowest BCUT2D eigenvalue weighted by molar-refractivity contribution is 0.0950. The van der Waals surface area contributed by atoms with Crippen LogP contribution in [0.3, 0.4) is 0 Å². The van der Waals surface area contributed by atoms with Gasteiger partial charge in [0, 0.05) is 0 Å². The van der Waals surface area contributed by atoms with Crippen molar-refractivity contribution in [2.75, 3.05) is 0 Å². The fraction of sp³-hybridized carbons (Fsp3) is 0. The second-order valence-electron chi connectivity index (χ2n) is 4.52. The van der Waals surface area contributed by atoms with Crippen LogP contribution in [0, 0.1) is 0 Å². The predicted octanol–water partition coefficient (Wildman–Crippen LogP) is 4.21. The number of nitrogens with one attached hydrogen (secondary N) is 2. The molecular formula is C15H10Cl2N4OS. The van der Waals surface area contributed by atoms with Gasteiger partial charge in [-0.15, -0.1) is 11.3 Å². The van der Waals surface area contributed by atoms with Gasteiger partial charge in [0.2, 0.25) is 0 Å². The van der Waals surface area contributed by atoms with Gasteiger partial charge in [0.15, 0.2) is 5.69 Å². The summed E-state index contributed by atoms with van der Waals surface area (Å²) in [6.45, 7) is 0. The fourth-order valence-corrected chi connectivity index (χ4v) is 2.81. The van der Waals surface area contributed by atoms with Crippen molar-refractivity contribution < 1.29 is 4.79 Å². The molecular weight excluding hydrogens is 355 g/mol. The minimum atomic E-state index is -0.402. The molecule has 8 heteroatoms. The highest BCUT2D eigenvalue weighted by Gasteiger charge is 2.11. The van der Waals surface area contributed by atoms with Gasteiger partial charge in [-0.1, -0.05) is 35.3 Å². The number of hydrogen-bond acceptors (Lipinski definition) is 4. The summed E-state index contributed by atoms with van der Waals surface area (Å²) in [7, 11) is 0. The normalized spacial score (nSPS) is 11.0. The molecule has 0 saturated heterocycles. The lowest BCUT2D eigenvalue weighted by Gasteiger charge is -1.98. The number of aromatic amines is 1. The van der Waals surface area contributed by atoms with E-state index in [1.165, 1.54) is 6.21 Å². The van der Waals surface area contributed by atoms with Crippen molar-refractivity contribution in [3.05, 3.63) is 63.1 Å². The molecule has 3 aromatic rings.